The number of benzene rings is 1. The van der Waals surface area contributed by atoms with Gasteiger partial charge in [0.1, 0.15) is 0 Å². The predicted molar refractivity (Wildman–Crippen MR) is 78.0 cm³/mol. The minimum Gasteiger partial charge on any atom is -0.409 e. The zero-order chi connectivity index (χ0) is 14.4. The highest BCUT2D eigenvalue weighted by atomic mass is 16.5. The Morgan fingerprint density at radius 1 is 1.47 bits per heavy atom. The van der Waals surface area contributed by atoms with Gasteiger partial charge in [-0.1, -0.05) is 5.16 Å². The molecule has 0 aliphatic heterocycles. The van der Waals surface area contributed by atoms with E-state index in [0.717, 1.165) is 23.4 Å². The standard InChI is InChI=1S/C14H23N3O2/c1-10(2)17(7-8-19-4)12-5-6-13(11(3)9-12)14(15)16-18/h5-6,9-10,18H,7-8H2,1-4H3,(H2,15,16). The fourth-order valence-corrected chi connectivity index (χ4v) is 2.04. The lowest BCUT2D eigenvalue weighted by atomic mass is 10.1. The molecular formula is C14H23N3O2. The van der Waals surface area contributed by atoms with E-state index in [2.05, 4.69) is 23.9 Å². The molecule has 5 heteroatoms. The molecule has 0 heterocycles. The minimum atomic E-state index is 0.136. The monoisotopic (exact) mass is 265 g/mol. The maximum absolute atomic E-state index is 8.73. The SMILES string of the molecule is COCCN(c1ccc(/C(N)=N/O)c(C)c1)C(C)C. The van der Waals surface area contributed by atoms with Gasteiger partial charge in [0, 0.05) is 30.9 Å². The van der Waals surface area contributed by atoms with E-state index in [1.54, 1.807) is 7.11 Å². The molecule has 0 spiro atoms. The van der Waals surface area contributed by atoms with Crippen molar-refractivity contribution in [2.75, 3.05) is 25.2 Å². The van der Waals surface area contributed by atoms with E-state index < -0.39 is 0 Å². The highest BCUT2D eigenvalue weighted by molar-refractivity contribution is 5.98. The smallest absolute Gasteiger partial charge is 0.170 e. The van der Waals surface area contributed by atoms with Crippen molar-refractivity contribution in [3.8, 4) is 0 Å². The Morgan fingerprint density at radius 3 is 2.63 bits per heavy atom. The molecule has 0 unspecified atom stereocenters. The number of nitrogens with two attached hydrogens (primary N) is 1. The molecule has 5 nitrogen and oxygen atoms in total. The Labute approximate surface area is 114 Å². The molecule has 0 saturated heterocycles. The first-order chi connectivity index (χ1) is 9.01. The third-order valence-corrected chi connectivity index (χ3v) is 3.08. The highest BCUT2D eigenvalue weighted by Crippen LogP contribution is 2.21. The molecule has 0 amide bonds. The van der Waals surface area contributed by atoms with Crippen LogP contribution in [0.2, 0.25) is 0 Å². The van der Waals surface area contributed by atoms with Gasteiger partial charge in [0.25, 0.3) is 0 Å². The maximum Gasteiger partial charge on any atom is 0.170 e. The molecule has 0 saturated carbocycles. The molecule has 0 aliphatic carbocycles. The molecule has 0 aromatic heterocycles. The van der Waals surface area contributed by atoms with Crippen LogP contribution in [0, 0.1) is 6.92 Å². The molecule has 1 rings (SSSR count). The fourth-order valence-electron chi connectivity index (χ4n) is 2.04. The van der Waals surface area contributed by atoms with E-state index in [1.165, 1.54) is 0 Å². The third-order valence-electron chi connectivity index (χ3n) is 3.08. The van der Waals surface area contributed by atoms with Crippen molar-refractivity contribution in [3.63, 3.8) is 0 Å². The van der Waals surface area contributed by atoms with Gasteiger partial charge in [-0.25, -0.2) is 0 Å². The van der Waals surface area contributed by atoms with E-state index in [-0.39, 0.29) is 5.84 Å². The molecule has 0 aliphatic rings. The van der Waals surface area contributed by atoms with Crippen LogP contribution in [0.3, 0.4) is 0 Å². The van der Waals surface area contributed by atoms with Crippen molar-refractivity contribution >= 4 is 11.5 Å². The second-order valence-electron chi connectivity index (χ2n) is 4.76. The van der Waals surface area contributed by atoms with Crippen LogP contribution in [0.4, 0.5) is 5.69 Å². The van der Waals surface area contributed by atoms with Crippen molar-refractivity contribution < 1.29 is 9.94 Å². The van der Waals surface area contributed by atoms with Crippen molar-refractivity contribution in [2.45, 2.75) is 26.8 Å². The van der Waals surface area contributed by atoms with Gasteiger partial charge in [-0.15, -0.1) is 0 Å². The average molecular weight is 265 g/mol. The number of aryl methyl sites for hydroxylation is 1. The second-order valence-corrected chi connectivity index (χ2v) is 4.76. The normalized spacial score (nSPS) is 11.9. The summed E-state index contributed by atoms with van der Waals surface area (Å²) in [4.78, 5) is 2.26. The summed E-state index contributed by atoms with van der Waals surface area (Å²) in [5.74, 6) is 0.136. The molecule has 19 heavy (non-hydrogen) atoms. The Balaban J connectivity index is 3.03. The molecule has 0 radical (unpaired) electrons. The van der Waals surface area contributed by atoms with Crippen molar-refractivity contribution in [1.82, 2.24) is 0 Å². The number of hydrogen-bond donors (Lipinski definition) is 2. The summed E-state index contributed by atoms with van der Waals surface area (Å²) < 4.78 is 5.14. The summed E-state index contributed by atoms with van der Waals surface area (Å²) in [6, 6.07) is 6.28. The van der Waals surface area contributed by atoms with Crippen LogP contribution in [-0.2, 0) is 4.74 Å². The van der Waals surface area contributed by atoms with Gasteiger partial charge in [-0.2, -0.15) is 0 Å². The molecule has 0 fully saturated rings. The second kappa shape index (κ2) is 6.99. The lowest BCUT2D eigenvalue weighted by Gasteiger charge is -2.29. The number of methoxy groups -OCH3 is 1. The van der Waals surface area contributed by atoms with Crippen molar-refractivity contribution in [1.29, 1.82) is 0 Å². The van der Waals surface area contributed by atoms with E-state index in [1.807, 2.05) is 25.1 Å². The summed E-state index contributed by atoms with van der Waals surface area (Å²) >= 11 is 0. The number of hydrogen-bond acceptors (Lipinski definition) is 4. The van der Waals surface area contributed by atoms with Crippen molar-refractivity contribution in [2.24, 2.45) is 10.9 Å². The summed E-state index contributed by atoms with van der Waals surface area (Å²) in [5, 5.41) is 11.8. The lowest BCUT2D eigenvalue weighted by molar-refractivity contribution is 0.204. The fraction of sp³-hybridized carbons (Fsp3) is 0.500. The average Bonchev–Trinajstić information content (AvgIpc) is 2.38. The van der Waals surface area contributed by atoms with Gasteiger partial charge in [0.2, 0.25) is 0 Å². The molecule has 1 aromatic carbocycles. The Hall–Kier alpha value is -1.75. The Morgan fingerprint density at radius 2 is 2.16 bits per heavy atom. The highest BCUT2D eigenvalue weighted by Gasteiger charge is 2.12. The number of anilines is 1. The van der Waals surface area contributed by atoms with Gasteiger partial charge in [0.15, 0.2) is 5.84 Å². The summed E-state index contributed by atoms with van der Waals surface area (Å²) in [7, 11) is 1.70. The quantitative estimate of drug-likeness (QED) is 0.357. The minimum absolute atomic E-state index is 0.136. The largest absolute Gasteiger partial charge is 0.409 e. The predicted octanol–water partition coefficient (Wildman–Crippen LogP) is 1.95. The topological polar surface area (TPSA) is 71.1 Å². The number of oxime groups is 1. The van der Waals surface area contributed by atoms with Gasteiger partial charge >= 0.3 is 0 Å². The summed E-state index contributed by atoms with van der Waals surface area (Å²) in [6.07, 6.45) is 0. The van der Waals surface area contributed by atoms with E-state index >= 15 is 0 Å². The number of ether oxygens (including phenoxy) is 1. The number of rotatable bonds is 6. The Bertz CT molecular complexity index is 444. The maximum atomic E-state index is 8.73. The third kappa shape index (κ3) is 3.86. The van der Waals surface area contributed by atoms with Gasteiger partial charge in [-0.3, -0.25) is 0 Å². The van der Waals surface area contributed by atoms with Gasteiger partial charge < -0.3 is 20.6 Å². The molecule has 1 aromatic rings. The van der Waals surface area contributed by atoms with Crippen LogP contribution in [0.5, 0.6) is 0 Å². The lowest BCUT2D eigenvalue weighted by Crippen LogP contribution is -2.34. The van der Waals surface area contributed by atoms with E-state index in [9.17, 15) is 0 Å². The summed E-state index contributed by atoms with van der Waals surface area (Å²) in [5.41, 5.74) is 8.47. The first-order valence-corrected chi connectivity index (χ1v) is 6.35. The zero-order valence-corrected chi connectivity index (χ0v) is 12.1. The van der Waals surface area contributed by atoms with E-state index in [0.29, 0.717) is 12.6 Å². The van der Waals surface area contributed by atoms with Crippen LogP contribution in [0.25, 0.3) is 0 Å². The molecule has 0 bridgehead atoms. The van der Waals surface area contributed by atoms with Crippen molar-refractivity contribution in [3.05, 3.63) is 29.3 Å². The zero-order valence-electron chi connectivity index (χ0n) is 12.1. The van der Waals surface area contributed by atoms with Crippen LogP contribution in [0.15, 0.2) is 23.4 Å². The molecule has 0 atom stereocenters. The summed E-state index contributed by atoms with van der Waals surface area (Å²) in [6.45, 7) is 7.74. The molecule has 106 valence electrons. The molecule has 3 N–H and O–H groups in total. The van der Waals surface area contributed by atoms with Crippen LogP contribution in [0.1, 0.15) is 25.0 Å². The van der Waals surface area contributed by atoms with Crippen LogP contribution >= 0.6 is 0 Å². The number of amidine groups is 1. The Kier molecular flexibility index (Phi) is 5.63. The molecular weight excluding hydrogens is 242 g/mol. The van der Waals surface area contributed by atoms with Crippen LogP contribution in [-0.4, -0.2) is 37.3 Å². The number of nitrogens with zero attached hydrogens (tertiary/aromatic N) is 2. The first kappa shape index (κ1) is 15.3. The van der Waals surface area contributed by atoms with Gasteiger partial charge in [0.05, 0.1) is 6.61 Å². The first-order valence-electron chi connectivity index (χ1n) is 6.35. The van der Waals surface area contributed by atoms with E-state index in [4.69, 9.17) is 15.7 Å². The van der Waals surface area contributed by atoms with Crippen LogP contribution < -0.4 is 10.6 Å². The van der Waals surface area contributed by atoms with Gasteiger partial charge in [-0.05, 0) is 44.5 Å².